The molecule has 0 radical (unpaired) electrons. The molecule has 0 spiro atoms. The molecule has 200 valence electrons. The minimum atomic E-state index is -4.30. The summed E-state index contributed by atoms with van der Waals surface area (Å²) in [6, 6.07) is 0. The largest absolute Gasteiger partial charge is 1.00 e. The molecule has 4 nitrogen and oxygen atoms in total. The topological polar surface area (TPSA) is 58.6 Å². The summed E-state index contributed by atoms with van der Waals surface area (Å²) in [6.45, 7) is 16.8. The van der Waals surface area contributed by atoms with Crippen LogP contribution in [0.25, 0.3) is 0 Å². The Labute approximate surface area is 244 Å². The van der Waals surface area contributed by atoms with Gasteiger partial charge >= 0.3 is 29.6 Å². The Bertz CT molecular complexity index is 773. The van der Waals surface area contributed by atoms with Gasteiger partial charge in [-0.15, -0.1) is 0 Å². The van der Waals surface area contributed by atoms with Gasteiger partial charge in [-0.25, -0.2) is 0 Å². The molecule has 0 aromatic carbocycles. The van der Waals surface area contributed by atoms with Crippen molar-refractivity contribution < 1.29 is 48.1 Å². The van der Waals surface area contributed by atoms with Crippen LogP contribution in [0.2, 0.25) is 0 Å². The molecule has 0 heterocycles. The van der Waals surface area contributed by atoms with E-state index >= 15 is 0 Å². The monoisotopic (exact) mass is 528 g/mol. The Hall–Kier alpha value is -0.450. The van der Waals surface area contributed by atoms with Gasteiger partial charge in [0.25, 0.3) is 7.82 Å². The minimum absolute atomic E-state index is 0. The summed E-state index contributed by atoms with van der Waals surface area (Å²) in [6.07, 6.45) is 20.6. The van der Waals surface area contributed by atoms with E-state index in [1.807, 2.05) is 26.0 Å². The molecule has 0 N–H and O–H groups in total. The van der Waals surface area contributed by atoms with Gasteiger partial charge in [0.05, 0.1) is 13.2 Å². The number of phosphoric acid groups is 1. The maximum Gasteiger partial charge on any atom is 1.00 e. The molecule has 0 saturated heterocycles. The van der Waals surface area contributed by atoms with Gasteiger partial charge < -0.3 is 13.9 Å². The number of hydrogen-bond donors (Lipinski definition) is 0. The van der Waals surface area contributed by atoms with Gasteiger partial charge in [-0.05, 0) is 107 Å². The fourth-order valence-electron chi connectivity index (χ4n) is 3.26. The summed E-state index contributed by atoms with van der Waals surface area (Å²) in [4.78, 5) is 12.0. The molecule has 0 atom stereocenters. The number of phosphoric ester groups is 1. The third kappa shape index (κ3) is 25.2. The first kappa shape index (κ1) is 37.7. The summed E-state index contributed by atoms with van der Waals surface area (Å²) < 4.78 is 22.0. The Morgan fingerprint density at radius 1 is 0.556 bits per heavy atom. The molecule has 0 aliphatic rings. The van der Waals surface area contributed by atoms with Gasteiger partial charge in [0.1, 0.15) is 0 Å². The van der Waals surface area contributed by atoms with Gasteiger partial charge in [0.15, 0.2) is 0 Å². The van der Waals surface area contributed by atoms with Crippen molar-refractivity contribution >= 4 is 7.82 Å². The maximum absolute atomic E-state index is 12.0. The average Bonchev–Trinajstić information content (AvgIpc) is 2.73. The molecular weight excluding hydrogens is 478 g/mol. The van der Waals surface area contributed by atoms with E-state index in [0.717, 1.165) is 62.5 Å². The SMILES string of the molecule is CC(C)=CCC/C(C)=C/CC/C(C)=C/COP(=O)([O-])OC/C=C(\C)CC/C=C(\C)CCC=C(C)C.[Na+]. The van der Waals surface area contributed by atoms with Crippen molar-refractivity contribution in [3.8, 4) is 0 Å². The molecule has 0 aliphatic heterocycles. The van der Waals surface area contributed by atoms with Crippen LogP contribution < -0.4 is 34.5 Å². The van der Waals surface area contributed by atoms with Crippen molar-refractivity contribution in [2.24, 2.45) is 0 Å². The molecule has 0 aromatic heterocycles. The van der Waals surface area contributed by atoms with Crippen molar-refractivity contribution in [1.29, 1.82) is 0 Å². The first-order valence-corrected chi connectivity index (χ1v) is 14.4. The number of allylic oxidation sites excluding steroid dienone is 10. The summed E-state index contributed by atoms with van der Waals surface area (Å²) in [7, 11) is -4.30. The van der Waals surface area contributed by atoms with Gasteiger partial charge in [0, 0.05) is 0 Å². The molecular formula is C30H50NaO4P. The smallest absolute Gasteiger partial charge is 0.756 e. The van der Waals surface area contributed by atoms with Gasteiger partial charge in [-0.3, -0.25) is 4.57 Å². The van der Waals surface area contributed by atoms with E-state index in [1.54, 1.807) is 0 Å². The molecule has 0 saturated carbocycles. The quantitative estimate of drug-likeness (QED) is 0.119. The van der Waals surface area contributed by atoms with E-state index < -0.39 is 7.82 Å². The second kappa shape index (κ2) is 22.5. The average molecular weight is 529 g/mol. The second-order valence-corrected chi connectivity index (χ2v) is 11.4. The third-order valence-electron chi connectivity index (χ3n) is 5.57. The predicted octanol–water partition coefficient (Wildman–Crippen LogP) is 6.33. The zero-order valence-electron chi connectivity index (χ0n) is 24.6. The Morgan fingerprint density at radius 3 is 1.14 bits per heavy atom. The van der Waals surface area contributed by atoms with Gasteiger partial charge in [-0.1, -0.05) is 69.9 Å². The van der Waals surface area contributed by atoms with Crippen molar-refractivity contribution in [3.63, 3.8) is 0 Å². The van der Waals surface area contributed by atoms with Crippen LogP contribution in [-0.4, -0.2) is 13.2 Å². The molecule has 0 unspecified atom stereocenters. The molecule has 0 aromatic rings. The third-order valence-corrected chi connectivity index (χ3v) is 6.50. The van der Waals surface area contributed by atoms with Crippen LogP contribution >= 0.6 is 7.82 Å². The van der Waals surface area contributed by atoms with Crippen molar-refractivity contribution in [2.75, 3.05) is 13.2 Å². The zero-order valence-corrected chi connectivity index (χ0v) is 27.5. The fourth-order valence-corrected chi connectivity index (χ4v) is 3.85. The molecule has 0 aliphatic carbocycles. The summed E-state index contributed by atoms with van der Waals surface area (Å²) in [5, 5.41) is 0. The van der Waals surface area contributed by atoms with Gasteiger partial charge in [0.2, 0.25) is 0 Å². The number of hydrogen-bond acceptors (Lipinski definition) is 4. The second-order valence-electron chi connectivity index (χ2n) is 9.96. The normalized spacial score (nSPS) is 14.7. The molecule has 6 heteroatoms. The van der Waals surface area contributed by atoms with E-state index in [1.165, 1.54) is 22.3 Å². The van der Waals surface area contributed by atoms with E-state index in [4.69, 9.17) is 9.05 Å². The maximum atomic E-state index is 12.0. The van der Waals surface area contributed by atoms with Crippen LogP contribution in [0.15, 0.2) is 69.9 Å². The Morgan fingerprint density at radius 2 is 0.833 bits per heavy atom. The van der Waals surface area contributed by atoms with Crippen LogP contribution in [0.1, 0.15) is 107 Å². The van der Waals surface area contributed by atoms with Crippen molar-refractivity contribution in [1.82, 2.24) is 0 Å². The van der Waals surface area contributed by atoms with Crippen LogP contribution in [0, 0.1) is 0 Å². The number of rotatable bonds is 18. The van der Waals surface area contributed by atoms with E-state index in [9.17, 15) is 9.46 Å². The summed E-state index contributed by atoms with van der Waals surface area (Å²) in [5.74, 6) is 0. The molecule has 36 heavy (non-hydrogen) atoms. The van der Waals surface area contributed by atoms with Crippen molar-refractivity contribution in [2.45, 2.75) is 107 Å². The Balaban J connectivity index is 0. The van der Waals surface area contributed by atoms with Crippen molar-refractivity contribution in [3.05, 3.63) is 69.9 Å². The molecule has 0 amide bonds. The Kier molecular flexibility index (Phi) is 23.6. The van der Waals surface area contributed by atoms with E-state index in [2.05, 4.69) is 65.8 Å². The van der Waals surface area contributed by atoms with Crippen LogP contribution in [0.4, 0.5) is 0 Å². The predicted molar refractivity (Wildman–Crippen MR) is 150 cm³/mol. The molecule has 0 bridgehead atoms. The summed E-state index contributed by atoms with van der Waals surface area (Å²) in [5.41, 5.74) is 7.70. The van der Waals surface area contributed by atoms with Crippen LogP contribution in [-0.2, 0) is 13.6 Å². The first-order chi connectivity index (χ1) is 16.4. The summed E-state index contributed by atoms with van der Waals surface area (Å²) >= 11 is 0. The van der Waals surface area contributed by atoms with Gasteiger partial charge in [-0.2, -0.15) is 0 Å². The standard InChI is InChI=1S/C30H51O4P.Na/c1-25(2)13-9-15-27(5)17-11-19-29(7)21-23-33-35(31,32)34-24-22-30(8)20-12-18-28(6)16-10-14-26(3)4;/h13-14,17-18,21-22H,9-12,15-16,19-20,23-24H2,1-8H3,(H,31,32);/q;+1/p-1/b27-17+,28-18+,29-21+,30-22+;. The first-order valence-electron chi connectivity index (χ1n) is 12.9. The zero-order chi connectivity index (χ0) is 26.7. The van der Waals surface area contributed by atoms with Crippen LogP contribution in [0.5, 0.6) is 0 Å². The van der Waals surface area contributed by atoms with Crippen LogP contribution in [0.3, 0.4) is 0 Å². The molecule has 0 rings (SSSR count). The molecule has 0 fully saturated rings. The van der Waals surface area contributed by atoms with E-state index in [-0.39, 0.29) is 42.8 Å². The van der Waals surface area contributed by atoms with E-state index in [0.29, 0.717) is 0 Å². The minimum Gasteiger partial charge on any atom is -0.756 e. The fraction of sp³-hybridized carbons (Fsp3) is 0.600.